The fourth-order valence-electron chi connectivity index (χ4n) is 1.44. The Kier molecular flexibility index (Phi) is 3.39. The van der Waals surface area contributed by atoms with Gasteiger partial charge in [-0.15, -0.1) is 0 Å². The first-order chi connectivity index (χ1) is 7.36. The highest BCUT2D eigenvalue weighted by Gasteiger charge is 2.29. The molecule has 0 spiro atoms. The standard InChI is InChI=1S/C11H17N3O2/c1-11(2,3)14(10(15)16-13)9-6-4-8(12)5-7-9/h4-7H,12-13H2,1-3H3. The average molecular weight is 223 g/mol. The SMILES string of the molecule is CC(C)(C)N(C(=O)ON)c1ccc(N)cc1. The second-order valence-corrected chi connectivity index (χ2v) is 4.48. The number of nitrogen functional groups attached to an aromatic ring is 1. The van der Waals surface area contributed by atoms with Crippen LogP contribution in [0.1, 0.15) is 20.8 Å². The van der Waals surface area contributed by atoms with E-state index in [-0.39, 0.29) is 0 Å². The predicted molar refractivity (Wildman–Crippen MR) is 63.8 cm³/mol. The molecule has 1 rings (SSSR count). The maximum Gasteiger partial charge on any atom is 0.433 e. The van der Waals surface area contributed by atoms with Crippen molar-refractivity contribution >= 4 is 17.5 Å². The van der Waals surface area contributed by atoms with Crippen LogP contribution >= 0.6 is 0 Å². The number of carbonyl (C=O) groups excluding carboxylic acids is 1. The average Bonchev–Trinajstić information content (AvgIpc) is 2.19. The monoisotopic (exact) mass is 223 g/mol. The summed E-state index contributed by atoms with van der Waals surface area (Å²) in [5.41, 5.74) is 6.49. The van der Waals surface area contributed by atoms with Crippen molar-refractivity contribution < 1.29 is 9.63 Å². The molecule has 0 aliphatic rings. The largest absolute Gasteiger partial charge is 0.433 e. The van der Waals surface area contributed by atoms with Gasteiger partial charge in [0.1, 0.15) is 0 Å². The second kappa shape index (κ2) is 4.40. The van der Waals surface area contributed by atoms with Crippen LogP contribution in [-0.2, 0) is 4.84 Å². The summed E-state index contributed by atoms with van der Waals surface area (Å²) >= 11 is 0. The number of benzene rings is 1. The molecule has 0 saturated carbocycles. The van der Waals surface area contributed by atoms with Gasteiger partial charge in [-0.3, -0.25) is 4.90 Å². The molecule has 88 valence electrons. The van der Waals surface area contributed by atoms with E-state index in [2.05, 4.69) is 4.84 Å². The van der Waals surface area contributed by atoms with Gasteiger partial charge in [-0.25, -0.2) is 4.79 Å². The van der Waals surface area contributed by atoms with Crippen LogP contribution in [0.5, 0.6) is 0 Å². The summed E-state index contributed by atoms with van der Waals surface area (Å²) in [7, 11) is 0. The Morgan fingerprint density at radius 3 is 2.12 bits per heavy atom. The second-order valence-electron chi connectivity index (χ2n) is 4.48. The van der Waals surface area contributed by atoms with Gasteiger partial charge in [0, 0.05) is 16.9 Å². The summed E-state index contributed by atoms with van der Waals surface area (Å²) in [4.78, 5) is 17.3. The van der Waals surface area contributed by atoms with Gasteiger partial charge < -0.3 is 10.6 Å². The lowest BCUT2D eigenvalue weighted by atomic mass is 10.1. The molecule has 1 aromatic carbocycles. The summed E-state index contributed by atoms with van der Waals surface area (Å²) in [6.07, 6.45) is -0.600. The minimum absolute atomic E-state index is 0.424. The van der Waals surface area contributed by atoms with Gasteiger partial charge >= 0.3 is 6.09 Å². The minimum Gasteiger partial charge on any atom is -0.399 e. The number of nitrogens with two attached hydrogens (primary N) is 2. The lowest BCUT2D eigenvalue weighted by Crippen LogP contribution is -2.47. The first-order valence-corrected chi connectivity index (χ1v) is 4.92. The van der Waals surface area contributed by atoms with Crippen LogP contribution < -0.4 is 16.5 Å². The van der Waals surface area contributed by atoms with Gasteiger partial charge in [0.15, 0.2) is 0 Å². The number of nitrogens with zero attached hydrogens (tertiary/aromatic N) is 1. The number of rotatable bonds is 1. The van der Waals surface area contributed by atoms with E-state index < -0.39 is 11.6 Å². The summed E-state index contributed by atoms with van der Waals surface area (Å²) in [5, 5.41) is 0. The molecule has 0 unspecified atom stereocenters. The van der Waals surface area contributed by atoms with Crippen LogP contribution in [0.15, 0.2) is 24.3 Å². The minimum atomic E-state index is -0.600. The molecular weight excluding hydrogens is 206 g/mol. The number of hydrogen-bond acceptors (Lipinski definition) is 4. The highest BCUT2D eigenvalue weighted by molar-refractivity contribution is 5.89. The topological polar surface area (TPSA) is 81.6 Å². The van der Waals surface area contributed by atoms with Gasteiger partial charge in [0.2, 0.25) is 0 Å². The van der Waals surface area contributed by atoms with Crippen LogP contribution in [0.3, 0.4) is 0 Å². The van der Waals surface area contributed by atoms with Crippen molar-refractivity contribution in [2.24, 2.45) is 5.90 Å². The van der Waals surface area contributed by atoms with E-state index in [4.69, 9.17) is 11.6 Å². The lowest BCUT2D eigenvalue weighted by Gasteiger charge is -2.33. The van der Waals surface area contributed by atoms with Crippen molar-refractivity contribution in [3.63, 3.8) is 0 Å². The predicted octanol–water partition coefficient (Wildman–Crippen LogP) is 1.88. The zero-order chi connectivity index (χ0) is 12.3. The Labute approximate surface area is 94.9 Å². The van der Waals surface area contributed by atoms with Crippen LogP contribution in [0, 0.1) is 0 Å². The molecule has 5 heteroatoms. The van der Waals surface area contributed by atoms with Crippen LogP contribution in [0.4, 0.5) is 16.2 Å². The highest BCUT2D eigenvalue weighted by atomic mass is 16.7. The van der Waals surface area contributed by atoms with E-state index in [9.17, 15) is 4.79 Å². The van der Waals surface area contributed by atoms with Crippen molar-refractivity contribution in [2.45, 2.75) is 26.3 Å². The zero-order valence-corrected chi connectivity index (χ0v) is 9.73. The molecule has 0 radical (unpaired) electrons. The summed E-state index contributed by atoms with van der Waals surface area (Å²) in [6.45, 7) is 5.67. The van der Waals surface area contributed by atoms with E-state index in [1.165, 1.54) is 4.90 Å². The van der Waals surface area contributed by atoms with Crippen molar-refractivity contribution in [1.82, 2.24) is 0 Å². The third kappa shape index (κ3) is 2.64. The van der Waals surface area contributed by atoms with Gasteiger partial charge in [-0.2, -0.15) is 5.90 Å². The van der Waals surface area contributed by atoms with E-state index >= 15 is 0 Å². The molecule has 0 fully saturated rings. The molecule has 0 aliphatic carbocycles. The number of hydrogen-bond donors (Lipinski definition) is 2. The maximum atomic E-state index is 11.6. The van der Waals surface area contributed by atoms with Crippen molar-refractivity contribution in [1.29, 1.82) is 0 Å². The van der Waals surface area contributed by atoms with E-state index in [1.807, 2.05) is 20.8 Å². The van der Waals surface area contributed by atoms with E-state index in [0.717, 1.165) is 0 Å². The Bertz CT molecular complexity index is 368. The van der Waals surface area contributed by atoms with Gasteiger partial charge in [-0.05, 0) is 45.0 Å². The Morgan fingerprint density at radius 2 is 1.75 bits per heavy atom. The molecule has 0 saturated heterocycles. The van der Waals surface area contributed by atoms with E-state index in [1.54, 1.807) is 24.3 Å². The van der Waals surface area contributed by atoms with E-state index in [0.29, 0.717) is 11.4 Å². The van der Waals surface area contributed by atoms with Crippen molar-refractivity contribution in [3.05, 3.63) is 24.3 Å². The number of carbonyl (C=O) groups is 1. The van der Waals surface area contributed by atoms with Crippen LogP contribution in [0.2, 0.25) is 0 Å². The fourth-order valence-corrected chi connectivity index (χ4v) is 1.44. The van der Waals surface area contributed by atoms with Crippen LogP contribution in [-0.4, -0.2) is 11.6 Å². The molecule has 16 heavy (non-hydrogen) atoms. The quantitative estimate of drug-likeness (QED) is 0.562. The number of amides is 1. The molecule has 1 aromatic rings. The fraction of sp³-hybridized carbons (Fsp3) is 0.364. The maximum absolute atomic E-state index is 11.6. The molecule has 0 bridgehead atoms. The van der Waals surface area contributed by atoms with Gasteiger partial charge in [-0.1, -0.05) is 0 Å². The van der Waals surface area contributed by atoms with Crippen LogP contribution in [0.25, 0.3) is 0 Å². The smallest absolute Gasteiger partial charge is 0.399 e. The third-order valence-electron chi connectivity index (χ3n) is 2.11. The zero-order valence-electron chi connectivity index (χ0n) is 9.73. The van der Waals surface area contributed by atoms with Crippen molar-refractivity contribution in [3.8, 4) is 0 Å². The first kappa shape index (κ1) is 12.3. The molecule has 1 amide bonds. The molecule has 4 N–H and O–H groups in total. The summed E-state index contributed by atoms with van der Waals surface area (Å²) in [6, 6.07) is 6.94. The van der Waals surface area contributed by atoms with Gasteiger partial charge in [0.05, 0.1) is 0 Å². The Hall–Kier alpha value is -1.75. The molecule has 0 atom stereocenters. The third-order valence-corrected chi connectivity index (χ3v) is 2.11. The first-order valence-electron chi connectivity index (χ1n) is 4.92. The highest BCUT2D eigenvalue weighted by Crippen LogP contribution is 2.25. The Balaban J connectivity index is 3.11. The molecule has 0 aromatic heterocycles. The molecule has 0 heterocycles. The summed E-state index contributed by atoms with van der Waals surface area (Å²) < 4.78 is 0. The molecular formula is C11H17N3O2. The lowest BCUT2D eigenvalue weighted by molar-refractivity contribution is 0.150. The van der Waals surface area contributed by atoms with Gasteiger partial charge in [0.25, 0.3) is 0 Å². The number of anilines is 2. The normalized spacial score (nSPS) is 11.0. The van der Waals surface area contributed by atoms with Crippen molar-refractivity contribution in [2.75, 3.05) is 10.6 Å². The summed E-state index contributed by atoms with van der Waals surface area (Å²) in [5.74, 6) is 4.92. The molecule has 0 aliphatic heterocycles. The Morgan fingerprint density at radius 1 is 1.25 bits per heavy atom. The molecule has 5 nitrogen and oxygen atoms in total.